The molecule has 0 spiro atoms. The van der Waals surface area contributed by atoms with Crippen molar-refractivity contribution in [3.63, 3.8) is 0 Å². The predicted molar refractivity (Wildman–Crippen MR) is 79.1 cm³/mol. The molecule has 0 radical (unpaired) electrons. The first-order chi connectivity index (χ1) is 9.25. The molecule has 1 aliphatic rings. The number of nitrogens with zero attached hydrogens (tertiary/aromatic N) is 3. The Morgan fingerprint density at radius 1 is 1.00 bits per heavy atom. The average Bonchev–Trinajstić information content (AvgIpc) is 3.10. The second-order valence-electron chi connectivity index (χ2n) is 5.52. The van der Waals surface area contributed by atoms with E-state index in [4.69, 9.17) is 0 Å². The minimum absolute atomic E-state index is 0.438. The summed E-state index contributed by atoms with van der Waals surface area (Å²) in [5.74, 6) is 1.56. The Kier molecular flexibility index (Phi) is 3.28. The van der Waals surface area contributed by atoms with Crippen LogP contribution in [0.3, 0.4) is 0 Å². The van der Waals surface area contributed by atoms with Crippen LogP contribution in [0.25, 0.3) is 5.69 Å². The molecule has 1 saturated heterocycles. The maximum atomic E-state index is 4.44. The van der Waals surface area contributed by atoms with Crippen molar-refractivity contribution in [3.8, 4) is 5.69 Å². The van der Waals surface area contributed by atoms with Crippen LogP contribution in [0.5, 0.6) is 0 Å². The highest BCUT2D eigenvalue weighted by molar-refractivity contribution is 5.51. The summed E-state index contributed by atoms with van der Waals surface area (Å²) in [6.07, 6.45) is 6.56. The van der Waals surface area contributed by atoms with Crippen LogP contribution in [0.1, 0.15) is 38.4 Å². The Labute approximate surface area is 114 Å². The highest BCUT2D eigenvalue weighted by atomic mass is 15.1. The molecule has 3 rings (SSSR count). The Balaban J connectivity index is 1.87. The van der Waals surface area contributed by atoms with Gasteiger partial charge in [-0.2, -0.15) is 0 Å². The fourth-order valence-corrected chi connectivity index (χ4v) is 2.76. The molecule has 0 unspecified atom stereocenters. The van der Waals surface area contributed by atoms with Crippen molar-refractivity contribution in [2.75, 3.05) is 18.0 Å². The zero-order valence-corrected chi connectivity index (χ0v) is 11.7. The molecule has 0 bridgehead atoms. The normalized spacial score (nSPS) is 15.4. The van der Waals surface area contributed by atoms with Gasteiger partial charge in [0, 0.05) is 42.8 Å². The standard InChI is InChI=1S/C16H21N3/c1-13(2)16-17-9-12-19(16)15-7-5-14(6-8-15)18-10-3-4-11-18/h5-9,12-13H,3-4,10-11H2,1-2H3. The summed E-state index contributed by atoms with van der Waals surface area (Å²) in [7, 11) is 0. The molecule has 0 amide bonds. The summed E-state index contributed by atoms with van der Waals surface area (Å²) in [6, 6.07) is 8.85. The van der Waals surface area contributed by atoms with E-state index in [1.54, 1.807) is 0 Å². The molecule has 1 aromatic heterocycles. The Morgan fingerprint density at radius 2 is 1.63 bits per heavy atom. The molecule has 19 heavy (non-hydrogen) atoms. The monoisotopic (exact) mass is 255 g/mol. The first-order valence-electron chi connectivity index (χ1n) is 7.14. The van der Waals surface area contributed by atoms with Gasteiger partial charge in [-0.3, -0.25) is 0 Å². The Morgan fingerprint density at radius 3 is 2.26 bits per heavy atom. The van der Waals surface area contributed by atoms with Crippen LogP contribution in [0.2, 0.25) is 0 Å². The molecule has 3 nitrogen and oxygen atoms in total. The van der Waals surface area contributed by atoms with E-state index >= 15 is 0 Å². The molecule has 1 fully saturated rings. The van der Waals surface area contributed by atoms with E-state index in [1.807, 2.05) is 12.4 Å². The van der Waals surface area contributed by atoms with Gasteiger partial charge in [0.25, 0.3) is 0 Å². The SMILES string of the molecule is CC(C)c1nccn1-c1ccc(N2CCCC2)cc1. The minimum Gasteiger partial charge on any atom is -0.372 e. The summed E-state index contributed by atoms with van der Waals surface area (Å²) >= 11 is 0. The van der Waals surface area contributed by atoms with Gasteiger partial charge in [-0.05, 0) is 37.1 Å². The van der Waals surface area contributed by atoms with E-state index in [1.165, 1.54) is 37.3 Å². The number of rotatable bonds is 3. The molecule has 100 valence electrons. The fraction of sp³-hybridized carbons (Fsp3) is 0.438. The molecule has 0 aliphatic carbocycles. The van der Waals surface area contributed by atoms with Gasteiger partial charge in [-0.15, -0.1) is 0 Å². The number of imidazole rings is 1. The lowest BCUT2D eigenvalue weighted by Gasteiger charge is -2.18. The molecule has 2 heterocycles. The third kappa shape index (κ3) is 2.37. The lowest BCUT2D eigenvalue weighted by molar-refractivity contribution is 0.752. The number of aromatic nitrogens is 2. The smallest absolute Gasteiger partial charge is 0.115 e. The van der Waals surface area contributed by atoms with Crippen molar-refractivity contribution in [1.82, 2.24) is 9.55 Å². The van der Waals surface area contributed by atoms with E-state index in [9.17, 15) is 0 Å². The number of benzene rings is 1. The molecular weight excluding hydrogens is 234 g/mol. The van der Waals surface area contributed by atoms with Crippen LogP contribution < -0.4 is 4.90 Å². The summed E-state index contributed by atoms with van der Waals surface area (Å²) in [6.45, 7) is 6.75. The third-order valence-electron chi connectivity index (χ3n) is 3.78. The zero-order chi connectivity index (χ0) is 13.2. The van der Waals surface area contributed by atoms with Crippen LogP contribution in [-0.2, 0) is 0 Å². The summed E-state index contributed by atoms with van der Waals surface area (Å²) in [4.78, 5) is 6.90. The first kappa shape index (κ1) is 12.3. The van der Waals surface area contributed by atoms with Crippen LogP contribution in [0, 0.1) is 0 Å². The number of hydrogen-bond acceptors (Lipinski definition) is 2. The predicted octanol–water partition coefficient (Wildman–Crippen LogP) is 3.60. The molecule has 0 saturated carbocycles. The van der Waals surface area contributed by atoms with E-state index < -0.39 is 0 Å². The maximum Gasteiger partial charge on any atom is 0.115 e. The highest BCUT2D eigenvalue weighted by Gasteiger charge is 2.13. The third-order valence-corrected chi connectivity index (χ3v) is 3.78. The summed E-state index contributed by atoms with van der Waals surface area (Å²) in [5, 5.41) is 0. The topological polar surface area (TPSA) is 21.1 Å². The van der Waals surface area contributed by atoms with Crippen molar-refractivity contribution >= 4 is 5.69 Å². The molecule has 1 aromatic carbocycles. The van der Waals surface area contributed by atoms with Gasteiger partial charge in [0.15, 0.2) is 0 Å². The number of anilines is 1. The lowest BCUT2D eigenvalue weighted by Crippen LogP contribution is -2.17. The first-order valence-corrected chi connectivity index (χ1v) is 7.14. The van der Waals surface area contributed by atoms with Crippen molar-refractivity contribution in [3.05, 3.63) is 42.5 Å². The van der Waals surface area contributed by atoms with Crippen molar-refractivity contribution in [2.24, 2.45) is 0 Å². The average molecular weight is 255 g/mol. The van der Waals surface area contributed by atoms with Crippen molar-refractivity contribution in [1.29, 1.82) is 0 Å². The molecule has 0 atom stereocenters. The summed E-state index contributed by atoms with van der Waals surface area (Å²) < 4.78 is 2.18. The second-order valence-corrected chi connectivity index (χ2v) is 5.52. The molecule has 0 N–H and O–H groups in total. The van der Waals surface area contributed by atoms with Gasteiger partial charge in [-0.1, -0.05) is 13.8 Å². The van der Waals surface area contributed by atoms with Crippen LogP contribution in [0.15, 0.2) is 36.7 Å². The molecular formula is C16H21N3. The van der Waals surface area contributed by atoms with E-state index in [0.29, 0.717) is 5.92 Å². The number of hydrogen-bond donors (Lipinski definition) is 0. The van der Waals surface area contributed by atoms with Gasteiger partial charge in [0.05, 0.1) is 0 Å². The van der Waals surface area contributed by atoms with E-state index in [0.717, 1.165) is 5.82 Å². The second kappa shape index (κ2) is 5.08. The van der Waals surface area contributed by atoms with Crippen LogP contribution in [-0.4, -0.2) is 22.6 Å². The zero-order valence-electron chi connectivity index (χ0n) is 11.7. The maximum absolute atomic E-state index is 4.44. The fourth-order valence-electron chi connectivity index (χ4n) is 2.76. The molecule has 1 aliphatic heterocycles. The Bertz CT molecular complexity index is 533. The Hall–Kier alpha value is -1.77. The minimum atomic E-state index is 0.438. The van der Waals surface area contributed by atoms with Gasteiger partial charge in [0.1, 0.15) is 5.82 Å². The molecule has 2 aromatic rings. The summed E-state index contributed by atoms with van der Waals surface area (Å²) in [5.41, 5.74) is 2.54. The molecule has 3 heteroatoms. The van der Waals surface area contributed by atoms with Crippen LogP contribution >= 0.6 is 0 Å². The van der Waals surface area contributed by atoms with E-state index in [-0.39, 0.29) is 0 Å². The van der Waals surface area contributed by atoms with Gasteiger partial charge in [0.2, 0.25) is 0 Å². The van der Waals surface area contributed by atoms with Crippen molar-refractivity contribution in [2.45, 2.75) is 32.6 Å². The van der Waals surface area contributed by atoms with Crippen molar-refractivity contribution < 1.29 is 0 Å². The van der Waals surface area contributed by atoms with Gasteiger partial charge < -0.3 is 9.47 Å². The van der Waals surface area contributed by atoms with Gasteiger partial charge in [-0.25, -0.2) is 4.98 Å². The largest absolute Gasteiger partial charge is 0.372 e. The van der Waals surface area contributed by atoms with Crippen LogP contribution in [0.4, 0.5) is 5.69 Å². The highest BCUT2D eigenvalue weighted by Crippen LogP contribution is 2.23. The lowest BCUT2D eigenvalue weighted by atomic mass is 10.2. The van der Waals surface area contributed by atoms with Gasteiger partial charge >= 0.3 is 0 Å². The van der Waals surface area contributed by atoms with E-state index in [2.05, 4.69) is 52.6 Å². The quantitative estimate of drug-likeness (QED) is 0.835.